The first-order chi connectivity index (χ1) is 14.4. The second-order valence-electron chi connectivity index (χ2n) is 6.98. The number of hydrogen-bond donors (Lipinski definition) is 2. The van der Waals surface area contributed by atoms with Crippen molar-refractivity contribution in [3.8, 4) is 0 Å². The van der Waals surface area contributed by atoms with Crippen LogP contribution in [0.25, 0.3) is 0 Å². The van der Waals surface area contributed by atoms with E-state index in [0.717, 1.165) is 21.7 Å². The summed E-state index contributed by atoms with van der Waals surface area (Å²) in [4.78, 5) is 23.8. The van der Waals surface area contributed by atoms with E-state index in [9.17, 15) is 9.18 Å². The van der Waals surface area contributed by atoms with E-state index >= 15 is 0 Å². The average molecular weight is 426 g/mol. The van der Waals surface area contributed by atoms with Gasteiger partial charge in [-0.1, -0.05) is 12.1 Å². The van der Waals surface area contributed by atoms with E-state index in [1.54, 1.807) is 24.5 Å². The molecule has 6 nitrogen and oxygen atoms in total. The summed E-state index contributed by atoms with van der Waals surface area (Å²) in [6.07, 6.45) is 3.40. The van der Waals surface area contributed by atoms with Gasteiger partial charge in [0.15, 0.2) is 5.16 Å². The Labute approximate surface area is 179 Å². The van der Waals surface area contributed by atoms with Crippen molar-refractivity contribution in [3.63, 3.8) is 0 Å². The predicted octanol–water partition coefficient (Wildman–Crippen LogP) is 4.50. The summed E-state index contributed by atoms with van der Waals surface area (Å²) in [7, 11) is 3.79. The molecule has 3 rings (SSSR count). The smallest absolute Gasteiger partial charge is 0.319 e. The van der Waals surface area contributed by atoms with Crippen LogP contribution in [-0.2, 0) is 0 Å². The Balaban J connectivity index is 1.60. The van der Waals surface area contributed by atoms with Crippen molar-refractivity contribution in [2.75, 3.05) is 26.0 Å². The molecule has 0 spiro atoms. The third-order valence-corrected chi connectivity index (χ3v) is 5.39. The number of amides is 2. The van der Waals surface area contributed by atoms with Crippen LogP contribution in [0.5, 0.6) is 0 Å². The lowest BCUT2D eigenvalue weighted by atomic mass is 10.1. The van der Waals surface area contributed by atoms with Gasteiger partial charge in [-0.3, -0.25) is 0 Å². The zero-order valence-electron chi connectivity index (χ0n) is 17.1. The molecule has 156 valence electrons. The fourth-order valence-electron chi connectivity index (χ4n) is 2.95. The molecule has 1 unspecified atom stereocenters. The van der Waals surface area contributed by atoms with Crippen LogP contribution in [0.4, 0.5) is 14.9 Å². The lowest BCUT2D eigenvalue weighted by Gasteiger charge is -2.25. The summed E-state index contributed by atoms with van der Waals surface area (Å²) in [6, 6.07) is 13.5. The average Bonchev–Trinajstić information content (AvgIpc) is 2.71. The maximum atomic E-state index is 13.6. The summed E-state index contributed by atoms with van der Waals surface area (Å²) < 4.78 is 13.6. The standard InChI is InChI=1S/C22H24FN5OS/c1-15-12-18(30-22-24-10-5-11-25-22)8-9-19(15)27-21(29)26-14-20(28(2)3)16-6-4-7-17(23)13-16/h4-13,20H,14H2,1-3H3,(H2,26,27,29). The summed E-state index contributed by atoms with van der Waals surface area (Å²) in [6.45, 7) is 2.28. The quantitative estimate of drug-likeness (QED) is 0.546. The Morgan fingerprint density at radius 3 is 2.57 bits per heavy atom. The van der Waals surface area contributed by atoms with Crippen molar-refractivity contribution >= 4 is 23.5 Å². The van der Waals surface area contributed by atoms with Gasteiger partial charge in [0.1, 0.15) is 5.82 Å². The lowest BCUT2D eigenvalue weighted by molar-refractivity contribution is 0.243. The molecule has 0 saturated heterocycles. The van der Waals surface area contributed by atoms with Gasteiger partial charge in [-0.05, 0) is 80.3 Å². The van der Waals surface area contributed by atoms with Crippen LogP contribution >= 0.6 is 11.8 Å². The predicted molar refractivity (Wildman–Crippen MR) is 117 cm³/mol. The van der Waals surface area contributed by atoms with E-state index in [2.05, 4.69) is 20.6 Å². The van der Waals surface area contributed by atoms with Gasteiger partial charge in [-0.2, -0.15) is 0 Å². The number of nitrogens with one attached hydrogen (secondary N) is 2. The normalized spacial score (nSPS) is 11.9. The van der Waals surface area contributed by atoms with Crippen LogP contribution in [0.15, 0.2) is 71.0 Å². The summed E-state index contributed by atoms with van der Waals surface area (Å²) in [5.74, 6) is -0.293. The van der Waals surface area contributed by atoms with Crippen LogP contribution in [0.3, 0.4) is 0 Å². The molecule has 1 heterocycles. The van der Waals surface area contributed by atoms with Gasteiger partial charge in [0.2, 0.25) is 0 Å². The molecule has 2 N–H and O–H groups in total. The number of carbonyl (C=O) groups is 1. The number of benzene rings is 2. The number of halogens is 1. The molecule has 0 aliphatic rings. The fourth-order valence-corrected chi connectivity index (χ4v) is 3.76. The third-order valence-electron chi connectivity index (χ3n) is 4.51. The molecular weight excluding hydrogens is 401 g/mol. The molecule has 0 fully saturated rings. The van der Waals surface area contributed by atoms with E-state index in [4.69, 9.17) is 0 Å². The number of rotatable bonds is 7. The van der Waals surface area contributed by atoms with Crippen LogP contribution in [0.2, 0.25) is 0 Å². The first-order valence-corrected chi connectivity index (χ1v) is 10.3. The van der Waals surface area contributed by atoms with Gasteiger partial charge in [-0.15, -0.1) is 0 Å². The Hall–Kier alpha value is -2.97. The molecule has 8 heteroatoms. The van der Waals surface area contributed by atoms with Crippen molar-refractivity contribution in [1.29, 1.82) is 0 Å². The number of likely N-dealkylation sites (N-methyl/N-ethyl adjacent to an activating group) is 1. The first-order valence-electron chi connectivity index (χ1n) is 9.44. The number of aryl methyl sites for hydroxylation is 1. The summed E-state index contributed by atoms with van der Waals surface area (Å²) >= 11 is 1.46. The van der Waals surface area contributed by atoms with Crippen molar-refractivity contribution in [2.45, 2.75) is 23.0 Å². The Morgan fingerprint density at radius 1 is 1.13 bits per heavy atom. The fraction of sp³-hybridized carbons (Fsp3) is 0.227. The molecule has 0 aliphatic heterocycles. The van der Waals surface area contributed by atoms with Crippen molar-refractivity contribution in [1.82, 2.24) is 20.2 Å². The zero-order chi connectivity index (χ0) is 21.5. The highest BCUT2D eigenvalue weighted by molar-refractivity contribution is 7.99. The van der Waals surface area contributed by atoms with Gasteiger partial charge in [0, 0.05) is 29.5 Å². The number of nitrogens with zero attached hydrogens (tertiary/aromatic N) is 3. The minimum Gasteiger partial charge on any atom is -0.336 e. The number of aromatic nitrogens is 2. The Morgan fingerprint density at radius 2 is 1.90 bits per heavy atom. The van der Waals surface area contributed by atoms with Gasteiger partial charge in [-0.25, -0.2) is 19.2 Å². The molecule has 0 saturated carbocycles. The second-order valence-corrected chi connectivity index (χ2v) is 8.02. The zero-order valence-corrected chi connectivity index (χ0v) is 17.9. The lowest BCUT2D eigenvalue weighted by Crippen LogP contribution is -2.37. The van der Waals surface area contributed by atoms with Crippen molar-refractivity contribution in [2.24, 2.45) is 0 Å². The molecule has 0 bridgehead atoms. The molecule has 3 aromatic rings. The molecule has 0 aliphatic carbocycles. The van der Waals surface area contributed by atoms with Crippen LogP contribution < -0.4 is 10.6 Å². The molecule has 1 aromatic heterocycles. The minimum absolute atomic E-state index is 0.141. The highest BCUT2D eigenvalue weighted by atomic mass is 32.2. The topological polar surface area (TPSA) is 70.1 Å². The van der Waals surface area contributed by atoms with Crippen molar-refractivity contribution in [3.05, 3.63) is 77.9 Å². The second kappa shape index (κ2) is 10.2. The van der Waals surface area contributed by atoms with Crippen LogP contribution in [0, 0.1) is 12.7 Å². The number of urea groups is 1. The van der Waals surface area contributed by atoms with Gasteiger partial charge in [0.25, 0.3) is 0 Å². The largest absolute Gasteiger partial charge is 0.336 e. The minimum atomic E-state index is -0.312. The first kappa shape index (κ1) is 21.7. The molecular formula is C22H24FN5OS. The van der Waals surface area contributed by atoms with E-state index in [1.165, 1.54) is 23.9 Å². The van der Waals surface area contributed by atoms with Crippen LogP contribution in [-0.4, -0.2) is 41.5 Å². The molecule has 0 radical (unpaired) electrons. The van der Waals surface area contributed by atoms with E-state index in [-0.39, 0.29) is 17.9 Å². The molecule has 2 aromatic carbocycles. The number of carbonyl (C=O) groups excluding carboxylic acids is 1. The molecule has 2 amide bonds. The Bertz CT molecular complexity index is 1000. The number of hydrogen-bond acceptors (Lipinski definition) is 5. The van der Waals surface area contributed by atoms with Gasteiger partial charge >= 0.3 is 6.03 Å². The highest BCUT2D eigenvalue weighted by Gasteiger charge is 2.16. The van der Waals surface area contributed by atoms with Gasteiger partial charge in [0.05, 0.1) is 6.04 Å². The highest BCUT2D eigenvalue weighted by Crippen LogP contribution is 2.28. The van der Waals surface area contributed by atoms with Crippen LogP contribution in [0.1, 0.15) is 17.2 Å². The third kappa shape index (κ3) is 6.01. The molecule has 30 heavy (non-hydrogen) atoms. The SMILES string of the molecule is Cc1cc(Sc2ncccn2)ccc1NC(=O)NCC(c1cccc(F)c1)N(C)C. The van der Waals surface area contributed by atoms with E-state index in [0.29, 0.717) is 11.7 Å². The number of anilines is 1. The molecule has 1 atom stereocenters. The maximum Gasteiger partial charge on any atom is 0.319 e. The summed E-state index contributed by atoms with van der Waals surface area (Å²) in [5, 5.41) is 6.42. The maximum absolute atomic E-state index is 13.6. The Kier molecular flexibility index (Phi) is 7.37. The van der Waals surface area contributed by atoms with Crippen molar-refractivity contribution < 1.29 is 9.18 Å². The monoisotopic (exact) mass is 425 g/mol. The van der Waals surface area contributed by atoms with E-state index < -0.39 is 0 Å². The van der Waals surface area contributed by atoms with E-state index in [1.807, 2.05) is 50.2 Å². The summed E-state index contributed by atoms with van der Waals surface area (Å²) in [5.41, 5.74) is 2.46. The van der Waals surface area contributed by atoms with Gasteiger partial charge < -0.3 is 15.5 Å².